The number of hydrogen-bond acceptors (Lipinski definition) is 2. The predicted octanol–water partition coefficient (Wildman–Crippen LogP) is 7.30. The minimum Gasteiger partial charge on any atom is -0.233 e. The normalized spacial score (nSPS) is 11.9. The maximum absolute atomic E-state index is 4.86. The maximum atomic E-state index is 4.86. The Balaban J connectivity index is 1.69. The van der Waals surface area contributed by atoms with E-state index in [2.05, 4.69) is 100 Å². The largest absolute Gasteiger partial charge is 0.233 e. The van der Waals surface area contributed by atoms with Crippen LogP contribution >= 0.6 is 12.6 Å². The van der Waals surface area contributed by atoms with Crippen molar-refractivity contribution in [1.29, 1.82) is 0 Å². The van der Waals surface area contributed by atoms with Gasteiger partial charge in [0.2, 0.25) is 0 Å². The topological polar surface area (TPSA) is 17.8 Å². The van der Waals surface area contributed by atoms with Gasteiger partial charge in [-0.25, -0.2) is 4.68 Å². The highest BCUT2D eigenvalue weighted by Gasteiger charge is 2.13. The standard InChI is InChI=1S/C27H26N2S/c1-27(2,3)22-14-9-20(10-15-22)11-16-23-19-26(21-12-17-25(30)18-13-21)29(28-23)24-7-5-4-6-8-24/h4-19,30H,1-3H3. The lowest BCUT2D eigenvalue weighted by molar-refractivity contribution is 0.590. The molecule has 4 aromatic rings. The van der Waals surface area contributed by atoms with Crippen LogP contribution in [0.3, 0.4) is 0 Å². The van der Waals surface area contributed by atoms with Crippen molar-refractivity contribution in [2.45, 2.75) is 31.1 Å². The van der Waals surface area contributed by atoms with Gasteiger partial charge in [0.05, 0.1) is 17.1 Å². The Hall–Kier alpha value is -3.04. The summed E-state index contributed by atoms with van der Waals surface area (Å²) >= 11 is 4.41. The van der Waals surface area contributed by atoms with Gasteiger partial charge in [-0.15, -0.1) is 12.6 Å². The van der Waals surface area contributed by atoms with E-state index in [4.69, 9.17) is 5.10 Å². The van der Waals surface area contributed by atoms with Crippen LogP contribution in [0.4, 0.5) is 0 Å². The number of aromatic nitrogens is 2. The van der Waals surface area contributed by atoms with Gasteiger partial charge >= 0.3 is 0 Å². The first-order valence-corrected chi connectivity index (χ1v) is 10.6. The van der Waals surface area contributed by atoms with E-state index in [-0.39, 0.29) is 5.41 Å². The third-order valence-corrected chi connectivity index (χ3v) is 5.41. The molecule has 0 saturated carbocycles. The van der Waals surface area contributed by atoms with Crippen molar-refractivity contribution in [2.75, 3.05) is 0 Å². The number of para-hydroxylation sites is 1. The Morgan fingerprint density at radius 1 is 0.800 bits per heavy atom. The fourth-order valence-electron chi connectivity index (χ4n) is 3.36. The van der Waals surface area contributed by atoms with Crippen molar-refractivity contribution in [1.82, 2.24) is 9.78 Å². The molecule has 4 rings (SSSR count). The summed E-state index contributed by atoms with van der Waals surface area (Å²) in [4.78, 5) is 0.948. The predicted molar refractivity (Wildman–Crippen MR) is 130 cm³/mol. The Morgan fingerprint density at radius 3 is 2.10 bits per heavy atom. The quantitative estimate of drug-likeness (QED) is 0.350. The molecule has 0 radical (unpaired) electrons. The van der Waals surface area contributed by atoms with Crippen molar-refractivity contribution in [2.24, 2.45) is 0 Å². The molecule has 0 saturated heterocycles. The summed E-state index contributed by atoms with van der Waals surface area (Å²) in [5.74, 6) is 0. The molecule has 0 aliphatic heterocycles. The number of nitrogens with zero attached hydrogens (tertiary/aromatic N) is 2. The molecular formula is C27H26N2S. The highest BCUT2D eigenvalue weighted by atomic mass is 32.1. The second kappa shape index (κ2) is 8.37. The third kappa shape index (κ3) is 4.58. The van der Waals surface area contributed by atoms with Crippen LogP contribution in [0.15, 0.2) is 89.8 Å². The number of benzene rings is 3. The van der Waals surface area contributed by atoms with Crippen molar-refractivity contribution in [3.8, 4) is 16.9 Å². The van der Waals surface area contributed by atoms with Crippen molar-refractivity contribution >= 4 is 24.8 Å². The zero-order valence-corrected chi connectivity index (χ0v) is 18.5. The maximum Gasteiger partial charge on any atom is 0.0862 e. The van der Waals surface area contributed by atoms with Gasteiger partial charge in [0.25, 0.3) is 0 Å². The van der Waals surface area contributed by atoms with Gasteiger partial charge < -0.3 is 0 Å². The monoisotopic (exact) mass is 410 g/mol. The molecule has 30 heavy (non-hydrogen) atoms. The lowest BCUT2D eigenvalue weighted by Crippen LogP contribution is -2.10. The summed E-state index contributed by atoms with van der Waals surface area (Å²) < 4.78 is 2.00. The molecule has 0 N–H and O–H groups in total. The van der Waals surface area contributed by atoms with E-state index in [1.165, 1.54) is 11.1 Å². The molecule has 1 aromatic heterocycles. The summed E-state index contributed by atoms with van der Waals surface area (Å²) in [6, 6.07) is 29.3. The molecule has 0 bridgehead atoms. The first kappa shape index (κ1) is 20.2. The first-order chi connectivity index (χ1) is 14.4. The van der Waals surface area contributed by atoms with Gasteiger partial charge in [-0.3, -0.25) is 0 Å². The van der Waals surface area contributed by atoms with E-state index in [1.54, 1.807) is 0 Å². The Kier molecular flexibility index (Phi) is 5.65. The highest BCUT2D eigenvalue weighted by Crippen LogP contribution is 2.26. The molecule has 0 unspecified atom stereocenters. The molecule has 0 fully saturated rings. The molecule has 1 heterocycles. The molecule has 0 amide bonds. The minimum atomic E-state index is 0.161. The van der Waals surface area contributed by atoms with Crippen molar-refractivity contribution < 1.29 is 0 Å². The fraction of sp³-hybridized carbons (Fsp3) is 0.148. The molecule has 3 aromatic carbocycles. The average molecular weight is 411 g/mol. The van der Waals surface area contributed by atoms with Crippen LogP contribution in [0.25, 0.3) is 29.1 Å². The molecular weight excluding hydrogens is 384 g/mol. The van der Waals surface area contributed by atoms with Gasteiger partial charge in [0.15, 0.2) is 0 Å². The first-order valence-electron chi connectivity index (χ1n) is 10.1. The summed E-state index contributed by atoms with van der Waals surface area (Å²) in [6.07, 6.45) is 4.19. The lowest BCUT2D eigenvalue weighted by atomic mass is 9.87. The average Bonchev–Trinajstić information content (AvgIpc) is 3.17. The number of hydrogen-bond donors (Lipinski definition) is 1. The lowest BCUT2D eigenvalue weighted by Gasteiger charge is -2.18. The second-order valence-corrected chi connectivity index (χ2v) is 8.97. The zero-order chi connectivity index (χ0) is 21.1. The molecule has 0 aliphatic rings. The van der Waals surface area contributed by atoms with Crippen LogP contribution in [0.1, 0.15) is 37.6 Å². The van der Waals surface area contributed by atoms with E-state index in [1.807, 2.05) is 35.0 Å². The second-order valence-electron chi connectivity index (χ2n) is 8.45. The summed E-state index contributed by atoms with van der Waals surface area (Å²) in [5, 5.41) is 4.86. The molecule has 2 nitrogen and oxygen atoms in total. The van der Waals surface area contributed by atoms with E-state index in [0.29, 0.717) is 0 Å². The van der Waals surface area contributed by atoms with Gasteiger partial charge in [0, 0.05) is 10.5 Å². The number of rotatable bonds is 4. The van der Waals surface area contributed by atoms with Crippen LogP contribution in [0.2, 0.25) is 0 Å². The minimum absolute atomic E-state index is 0.161. The van der Waals surface area contributed by atoms with Gasteiger partial charge in [-0.05, 0) is 52.9 Å². The van der Waals surface area contributed by atoms with Crippen LogP contribution in [0, 0.1) is 0 Å². The van der Waals surface area contributed by atoms with E-state index in [9.17, 15) is 0 Å². The van der Waals surface area contributed by atoms with Crippen LogP contribution < -0.4 is 0 Å². The summed E-state index contributed by atoms with van der Waals surface area (Å²) in [5.41, 5.74) is 6.78. The van der Waals surface area contributed by atoms with Gasteiger partial charge in [-0.1, -0.05) is 81.4 Å². The van der Waals surface area contributed by atoms with E-state index >= 15 is 0 Å². The summed E-state index contributed by atoms with van der Waals surface area (Å²) in [7, 11) is 0. The van der Waals surface area contributed by atoms with Crippen LogP contribution in [0.5, 0.6) is 0 Å². The van der Waals surface area contributed by atoms with E-state index < -0.39 is 0 Å². The van der Waals surface area contributed by atoms with E-state index in [0.717, 1.165) is 27.5 Å². The molecule has 3 heteroatoms. The zero-order valence-electron chi connectivity index (χ0n) is 17.6. The molecule has 150 valence electrons. The SMILES string of the molecule is CC(C)(C)c1ccc(C=Cc2cc(-c3ccc(S)cc3)n(-c3ccccc3)n2)cc1. The molecule has 0 aliphatic carbocycles. The van der Waals surface area contributed by atoms with Gasteiger partial charge in [0.1, 0.15) is 0 Å². The van der Waals surface area contributed by atoms with Gasteiger partial charge in [-0.2, -0.15) is 5.10 Å². The fourth-order valence-corrected chi connectivity index (χ4v) is 3.51. The highest BCUT2D eigenvalue weighted by molar-refractivity contribution is 7.80. The van der Waals surface area contributed by atoms with Crippen molar-refractivity contribution in [3.63, 3.8) is 0 Å². The summed E-state index contributed by atoms with van der Waals surface area (Å²) in [6.45, 7) is 6.70. The Morgan fingerprint density at radius 2 is 1.47 bits per heavy atom. The van der Waals surface area contributed by atoms with Crippen molar-refractivity contribution in [3.05, 3.63) is 102 Å². The Labute approximate surface area is 184 Å². The molecule has 0 spiro atoms. The Bertz CT molecular complexity index is 1150. The smallest absolute Gasteiger partial charge is 0.0862 e. The van der Waals surface area contributed by atoms with Crippen LogP contribution in [-0.2, 0) is 5.41 Å². The number of thiol groups is 1. The molecule has 0 atom stereocenters. The van der Waals surface area contributed by atoms with Crippen LogP contribution in [-0.4, -0.2) is 9.78 Å². The third-order valence-electron chi connectivity index (χ3n) is 5.12.